The van der Waals surface area contributed by atoms with Crippen LogP contribution in [0.2, 0.25) is 0 Å². The zero-order valence-electron chi connectivity index (χ0n) is 15.4. The fourth-order valence-electron chi connectivity index (χ4n) is 2.18. The molecule has 1 atom stereocenters. The smallest absolute Gasteiger partial charge is 0.339 e. The van der Waals surface area contributed by atoms with Crippen molar-refractivity contribution in [1.82, 2.24) is 9.65 Å². The van der Waals surface area contributed by atoms with Gasteiger partial charge >= 0.3 is 5.97 Å². The molecule has 0 aliphatic heterocycles. The average molecular weight is 367 g/mol. The number of carbonyl (C=O) groups excluding carboxylic acids is 1. The van der Waals surface area contributed by atoms with Crippen LogP contribution in [0, 0.1) is 11.3 Å². The predicted octanol–water partition coefficient (Wildman–Crippen LogP) is 3.66. The van der Waals surface area contributed by atoms with Crippen molar-refractivity contribution in [2.24, 2.45) is 0 Å². The molecule has 0 saturated heterocycles. The number of rotatable bonds is 10. The molecule has 0 spiro atoms. The van der Waals surface area contributed by atoms with E-state index in [4.69, 9.17) is 14.3 Å². The standard InChI is InChI=1S/C17H26N3O4P/c1-13(2)20(14(3)4)25(23-10-6-9-18)24-12-16-8-7-15(11-19-16)17(21)22-5/h7-8,11,13-14H,6,10,12H2,1-5H3. The van der Waals surface area contributed by atoms with E-state index in [1.807, 2.05) is 0 Å². The molecule has 8 heteroatoms. The van der Waals surface area contributed by atoms with E-state index < -0.39 is 14.5 Å². The number of hydrogen-bond donors (Lipinski definition) is 0. The fourth-order valence-corrected chi connectivity index (χ4v) is 3.77. The van der Waals surface area contributed by atoms with Crippen molar-refractivity contribution in [2.45, 2.75) is 52.8 Å². The van der Waals surface area contributed by atoms with E-state index in [1.165, 1.54) is 13.3 Å². The Labute approximate surface area is 150 Å². The lowest BCUT2D eigenvalue weighted by Crippen LogP contribution is -2.33. The third-order valence-electron chi connectivity index (χ3n) is 3.23. The van der Waals surface area contributed by atoms with Crippen molar-refractivity contribution < 1.29 is 18.6 Å². The first-order chi connectivity index (χ1) is 11.9. The highest BCUT2D eigenvalue weighted by atomic mass is 31.2. The minimum atomic E-state index is -1.31. The Morgan fingerprint density at radius 2 is 1.96 bits per heavy atom. The summed E-state index contributed by atoms with van der Waals surface area (Å²) in [5.41, 5.74) is 1.08. The molecule has 1 unspecified atom stereocenters. The minimum Gasteiger partial charge on any atom is -0.465 e. The summed E-state index contributed by atoms with van der Waals surface area (Å²) in [6.45, 7) is 8.90. The normalized spacial score (nSPS) is 12.4. The number of pyridine rings is 1. The number of hydrogen-bond acceptors (Lipinski definition) is 7. The van der Waals surface area contributed by atoms with Gasteiger partial charge in [0, 0.05) is 18.3 Å². The molecule has 0 amide bonds. The Hall–Kier alpha value is -1.58. The van der Waals surface area contributed by atoms with Crippen LogP contribution in [-0.2, 0) is 20.4 Å². The summed E-state index contributed by atoms with van der Waals surface area (Å²) >= 11 is 0. The quantitative estimate of drug-likeness (QED) is 0.354. The molecule has 138 valence electrons. The second-order valence-electron chi connectivity index (χ2n) is 5.85. The van der Waals surface area contributed by atoms with Crippen LogP contribution < -0.4 is 0 Å². The molecule has 1 heterocycles. The van der Waals surface area contributed by atoms with E-state index in [0.717, 1.165) is 0 Å². The summed E-state index contributed by atoms with van der Waals surface area (Å²) in [6.07, 6.45) is 1.78. The second-order valence-corrected chi connectivity index (χ2v) is 7.30. The largest absolute Gasteiger partial charge is 0.465 e. The van der Waals surface area contributed by atoms with Crippen molar-refractivity contribution in [3.63, 3.8) is 0 Å². The van der Waals surface area contributed by atoms with E-state index in [1.54, 1.807) is 12.1 Å². The number of aromatic nitrogens is 1. The molecule has 7 nitrogen and oxygen atoms in total. The van der Waals surface area contributed by atoms with Crippen molar-refractivity contribution >= 4 is 14.5 Å². The first-order valence-corrected chi connectivity index (χ1v) is 9.28. The van der Waals surface area contributed by atoms with E-state index in [0.29, 0.717) is 24.3 Å². The van der Waals surface area contributed by atoms with Crippen molar-refractivity contribution in [2.75, 3.05) is 13.7 Å². The van der Waals surface area contributed by atoms with Gasteiger partial charge in [0.25, 0.3) is 8.53 Å². The van der Waals surface area contributed by atoms with Gasteiger partial charge in [0.2, 0.25) is 0 Å². The van der Waals surface area contributed by atoms with Crippen LogP contribution in [0.1, 0.15) is 50.2 Å². The van der Waals surface area contributed by atoms with Crippen LogP contribution in [0.15, 0.2) is 18.3 Å². The van der Waals surface area contributed by atoms with Gasteiger partial charge in [-0.3, -0.25) is 4.98 Å². The maximum Gasteiger partial charge on any atom is 0.339 e. The maximum absolute atomic E-state index is 11.4. The molecule has 0 aromatic carbocycles. The van der Waals surface area contributed by atoms with Gasteiger partial charge in [-0.15, -0.1) is 0 Å². The lowest BCUT2D eigenvalue weighted by atomic mass is 10.2. The number of methoxy groups -OCH3 is 1. The SMILES string of the molecule is COC(=O)c1ccc(COP(OCCC#N)N(C(C)C)C(C)C)nc1. The van der Waals surface area contributed by atoms with Gasteiger partial charge < -0.3 is 13.8 Å². The highest BCUT2D eigenvalue weighted by Gasteiger charge is 2.27. The second kappa shape index (κ2) is 11.1. The molecule has 0 saturated carbocycles. The fraction of sp³-hybridized carbons (Fsp3) is 0.588. The minimum absolute atomic E-state index is 0.239. The molecule has 0 N–H and O–H groups in total. The van der Waals surface area contributed by atoms with E-state index in [2.05, 4.69) is 48.2 Å². The van der Waals surface area contributed by atoms with Crippen LogP contribution in [0.3, 0.4) is 0 Å². The Bertz CT molecular complexity index is 564. The number of nitriles is 1. The maximum atomic E-state index is 11.4. The average Bonchev–Trinajstić information content (AvgIpc) is 2.58. The van der Waals surface area contributed by atoms with Crippen LogP contribution in [0.25, 0.3) is 0 Å². The highest BCUT2D eigenvalue weighted by Crippen LogP contribution is 2.46. The number of nitrogens with zero attached hydrogens (tertiary/aromatic N) is 3. The van der Waals surface area contributed by atoms with Gasteiger partial charge in [0.1, 0.15) is 0 Å². The Balaban J connectivity index is 2.76. The predicted molar refractivity (Wildman–Crippen MR) is 95.6 cm³/mol. The first kappa shape index (κ1) is 21.5. The zero-order chi connectivity index (χ0) is 18.8. The molecular formula is C17H26N3O4P. The van der Waals surface area contributed by atoms with Crippen LogP contribution >= 0.6 is 8.53 Å². The summed E-state index contributed by atoms with van der Waals surface area (Å²) in [7, 11) is 0.0200. The zero-order valence-corrected chi connectivity index (χ0v) is 16.3. The van der Waals surface area contributed by atoms with Crippen LogP contribution in [-0.4, -0.2) is 41.4 Å². The van der Waals surface area contributed by atoms with Crippen molar-refractivity contribution in [3.8, 4) is 6.07 Å². The van der Waals surface area contributed by atoms with Crippen molar-refractivity contribution in [1.29, 1.82) is 5.26 Å². The molecule has 1 aromatic rings. The van der Waals surface area contributed by atoms with Gasteiger partial charge in [-0.1, -0.05) is 0 Å². The molecular weight excluding hydrogens is 341 g/mol. The third-order valence-corrected chi connectivity index (χ3v) is 5.29. The van der Waals surface area contributed by atoms with E-state index >= 15 is 0 Å². The van der Waals surface area contributed by atoms with E-state index in [-0.39, 0.29) is 18.7 Å². The molecule has 0 radical (unpaired) electrons. The molecule has 1 aromatic heterocycles. The monoisotopic (exact) mass is 367 g/mol. The van der Waals surface area contributed by atoms with Crippen LogP contribution in [0.5, 0.6) is 0 Å². The third kappa shape index (κ3) is 7.05. The lowest BCUT2D eigenvalue weighted by molar-refractivity contribution is 0.0600. The topological polar surface area (TPSA) is 84.7 Å². The van der Waals surface area contributed by atoms with Crippen molar-refractivity contribution in [3.05, 3.63) is 29.6 Å². The molecule has 0 fully saturated rings. The molecule has 0 aliphatic rings. The molecule has 0 aliphatic carbocycles. The number of esters is 1. The van der Waals surface area contributed by atoms with Gasteiger partial charge in [-0.25, -0.2) is 9.46 Å². The Morgan fingerprint density at radius 1 is 1.28 bits per heavy atom. The highest BCUT2D eigenvalue weighted by molar-refractivity contribution is 7.44. The molecule has 25 heavy (non-hydrogen) atoms. The summed E-state index contributed by atoms with van der Waals surface area (Å²) in [5.74, 6) is -0.423. The summed E-state index contributed by atoms with van der Waals surface area (Å²) in [4.78, 5) is 15.7. The summed E-state index contributed by atoms with van der Waals surface area (Å²) in [5, 5.41) is 8.71. The van der Waals surface area contributed by atoms with Crippen LogP contribution in [0.4, 0.5) is 0 Å². The summed E-state index contributed by atoms with van der Waals surface area (Å²) in [6, 6.07) is 5.93. The summed E-state index contributed by atoms with van der Waals surface area (Å²) < 4.78 is 18.6. The number of ether oxygens (including phenoxy) is 1. The lowest BCUT2D eigenvalue weighted by Gasteiger charge is -2.35. The van der Waals surface area contributed by atoms with Gasteiger partial charge in [0.15, 0.2) is 0 Å². The first-order valence-electron chi connectivity index (χ1n) is 8.15. The molecule has 1 rings (SSSR count). The van der Waals surface area contributed by atoms with Gasteiger partial charge in [-0.2, -0.15) is 5.26 Å². The Morgan fingerprint density at radius 3 is 2.44 bits per heavy atom. The Kier molecular flexibility index (Phi) is 9.54. The van der Waals surface area contributed by atoms with Gasteiger partial charge in [-0.05, 0) is 39.8 Å². The molecule has 0 bridgehead atoms. The van der Waals surface area contributed by atoms with E-state index in [9.17, 15) is 4.79 Å². The van der Waals surface area contributed by atoms with Gasteiger partial charge in [0.05, 0.1) is 44.1 Å². The number of carbonyl (C=O) groups is 1.